The van der Waals surface area contributed by atoms with Crippen LogP contribution in [0, 0.1) is 11.3 Å². The fraction of sp³-hybridized carbons (Fsp3) is 0.455. The highest BCUT2D eigenvalue weighted by Crippen LogP contribution is 2.36. The van der Waals surface area contributed by atoms with Gasteiger partial charge in [-0.3, -0.25) is 0 Å². The SMILES string of the molecule is N#Cc1nccc(C2(NC(=O)Nc3ccc(N4CCNCC4)cc3)CCCCC2)n1. The standard InChI is InChI=1S/C22H27N7O/c23-16-20-25-11-8-19(27-20)22(9-2-1-3-10-22)28-21(30)26-17-4-6-18(7-5-17)29-14-12-24-13-15-29/h4-8,11,24H,1-3,9-10,12-15H2,(H2,26,28,30). The third-order valence-electron chi connectivity index (χ3n) is 5.91. The molecule has 8 nitrogen and oxygen atoms in total. The molecule has 1 aromatic heterocycles. The van der Waals surface area contributed by atoms with E-state index in [-0.39, 0.29) is 11.9 Å². The molecular weight excluding hydrogens is 378 g/mol. The summed E-state index contributed by atoms with van der Waals surface area (Å²) >= 11 is 0. The van der Waals surface area contributed by atoms with Crippen molar-refractivity contribution in [2.75, 3.05) is 36.4 Å². The highest BCUT2D eigenvalue weighted by molar-refractivity contribution is 5.90. The number of rotatable bonds is 4. The number of carbonyl (C=O) groups excluding carboxylic acids is 1. The third kappa shape index (κ3) is 4.52. The lowest BCUT2D eigenvalue weighted by molar-refractivity contribution is 0.209. The van der Waals surface area contributed by atoms with Crippen molar-refractivity contribution in [3.63, 3.8) is 0 Å². The zero-order valence-electron chi connectivity index (χ0n) is 17.0. The van der Waals surface area contributed by atoms with Crippen molar-refractivity contribution in [2.45, 2.75) is 37.6 Å². The molecule has 1 aliphatic heterocycles. The van der Waals surface area contributed by atoms with E-state index in [1.54, 1.807) is 12.3 Å². The van der Waals surface area contributed by atoms with Crippen LogP contribution in [0.25, 0.3) is 0 Å². The lowest BCUT2D eigenvalue weighted by Crippen LogP contribution is -2.49. The van der Waals surface area contributed by atoms with Gasteiger partial charge in [-0.1, -0.05) is 19.3 Å². The van der Waals surface area contributed by atoms with Gasteiger partial charge in [0.05, 0.1) is 11.2 Å². The van der Waals surface area contributed by atoms with Gasteiger partial charge in [0.1, 0.15) is 6.07 Å². The quantitative estimate of drug-likeness (QED) is 0.722. The van der Waals surface area contributed by atoms with Gasteiger partial charge in [-0.15, -0.1) is 0 Å². The van der Waals surface area contributed by atoms with Crippen molar-refractivity contribution in [1.82, 2.24) is 20.6 Å². The van der Waals surface area contributed by atoms with Crippen LogP contribution in [-0.4, -0.2) is 42.2 Å². The number of anilines is 2. The van der Waals surface area contributed by atoms with E-state index in [0.717, 1.165) is 69.7 Å². The summed E-state index contributed by atoms with van der Waals surface area (Å²) in [6.07, 6.45) is 6.33. The number of nitriles is 1. The van der Waals surface area contributed by atoms with Gasteiger partial charge in [0.15, 0.2) is 0 Å². The monoisotopic (exact) mass is 405 g/mol. The molecule has 0 spiro atoms. The molecule has 0 radical (unpaired) electrons. The molecule has 1 saturated heterocycles. The smallest absolute Gasteiger partial charge is 0.319 e. The van der Waals surface area contributed by atoms with E-state index in [4.69, 9.17) is 5.26 Å². The Labute approximate surface area is 176 Å². The molecule has 1 saturated carbocycles. The predicted molar refractivity (Wildman–Crippen MR) is 115 cm³/mol. The van der Waals surface area contributed by atoms with Crippen molar-refractivity contribution in [1.29, 1.82) is 5.26 Å². The molecule has 0 atom stereocenters. The molecule has 156 valence electrons. The van der Waals surface area contributed by atoms with Crippen LogP contribution in [0.5, 0.6) is 0 Å². The lowest BCUT2D eigenvalue weighted by Gasteiger charge is -2.37. The van der Waals surface area contributed by atoms with Crippen LogP contribution in [-0.2, 0) is 5.54 Å². The number of hydrogen-bond donors (Lipinski definition) is 3. The van der Waals surface area contributed by atoms with Gasteiger partial charge < -0.3 is 20.9 Å². The van der Waals surface area contributed by atoms with Crippen molar-refractivity contribution < 1.29 is 4.79 Å². The second kappa shape index (κ2) is 9.09. The summed E-state index contributed by atoms with van der Waals surface area (Å²) in [5.74, 6) is 0.128. The second-order valence-electron chi connectivity index (χ2n) is 7.88. The number of piperazine rings is 1. The highest BCUT2D eigenvalue weighted by Gasteiger charge is 2.37. The van der Waals surface area contributed by atoms with Crippen LogP contribution in [0.1, 0.15) is 43.6 Å². The molecule has 2 heterocycles. The number of nitrogens with zero attached hydrogens (tertiary/aromatic N) is 4. The molecule has 0 unspecified atom stereocenters. The van der Waals surface area contributed by atoms with E-state index in [9.17, 15) is 4.79 Å². The molecule has 4 rings (SSSR count). The fourth-order valence-electron chi connectivity index (χ4n) is 4.34. The Bertz CT molecular complexity index is 910. The topological polar surface area (TPSA) is 106 Å². The zero-order valence-corrected chi connectivity index (χ0v) is 17.0. The summed E-state index contributed by atoms with van der Waals surface area (Å²) in [5.41, 5.74) is 2.05. The Balaban J connectivity index is 1.46. The van der Waals surface area contributed by atoms with E-state index < -0.39 is 5.54 Å². The summed E-state index contributed by atoms with van der Waals surface area (Å²) in [5, 5.41) is 18.6. The van der Waals surface area contributed by atoms with Crippen LogP contribution in [0.15, 0.2) is 36.5 Å². The normalized spacial score (nSPS) is 18.3. The van der Waals surface area contributed by atoms with E-state index in [0.29, 0.717) is 5.69 Å². The first-order valence-electron chi connectivity index (χ1n) is 10.6. The molecule has 2 aromatic rings. The van der Waals surface area contributed by atoms with Crippen molar-refractivity contribution >= 4 is 17.4 Å². The first-order chi connectivity index (χ1) is 14.7. The Morgan fingerprint density at radius 2 is 1.83 bits per heavy atom. The number of benzene rings is 1. The molecule has 8 heteroatoms. The Morgan fingerprint density at radius 3 is 2.53 bits per heavy atom. The summed E-state index contributed by atoms with van der Waals surface area (Å²) in [6, 6.07) is 11.5. The van der Waals surface area contributed by atoms with Gasteiger partial charge >= 0.3 is 6.03 Å². The molecule has 2 aliphatic rings. The maximum Gasteiger partial charge on any atom is 0.319 e. The molecule has 2 amide bonds. The molecule has 2 fully saturated rings. The number of hydrogen-bond acceptors (Lipinski definition) is 6. The Hall–Kier alpha value is -3.18. The maximum atomic E-state index is 12.9. The molecular formula is C22H27N7O. The average Bonchev–Trinajstić information content (AvgIpc) is 2.81. The average molecular weight is 406 g/mol. The summed E-state index contributed by atoms with van der Waals surface area (Å²) in [7, 11) is 0. The second-order valence-corrected chi connectivity index (χ2v) is 7.88. The van der Waals surface area contributed by atoms with E-state index >= 15 is 0 Å². The summed E-state index contributed by atoms with van der Waals surface area (Å²) in [4.78, 5) is 23.5. The van der Waals surface area contributed by atoms with Crippen molar-refractivity contribution in [2.24, 2.45) is 0 Å². The predicted octanol–water partition coefficient (Wildman–Crippen LogP) is 2.74. The number of nitrogens with one attached hydrogen (secondary N) is 3. The maximum absolute atomic E-state index is 12.9. The minimum Gasteiger partial charge on any atom is -0.369 e. The van der Waals surface area contributed by atoms with Gasteiger partial charge in [-0.2, -0.15) is 5.26 Å². The third-order valence-corrected chi connectivity index (χ3v) is 5.91. The Kier molecular flexibility index (Phi) is 6.10. The summed E-state index contributed by atoms with van der Waals surface area (Å²) in [6.45, 7) is 3.95. The van der Waals surface area contributed by atoms with Gasteiger partial charge in [0, 0.05) is 43.8 Å². The first kappa shape index (κ1) is 20.1. The van der Waals surface area contributed by atoms with Gasteiger partial charge in [-0.05, 0) is 43.2 Å². The first-order valence-corrected chi connectivity index (χ1v) is 10.6. The van der Waals surface area contributed by atoms with Crippen LogP contribution >= 0.6 is 0 Å². The van der Waals surface area contributed by atoms with Crippen molar-refractivity contribution in [3.8, 4) is 6.07 Å². The van der Waals surface area contributed by atoms with Gasteiger partial charge in [-0.25, -0.2) is 14.8 Å². The summed E-state index contributed by atoms with van der Waals surface area (Å²) < 4.78 is 0. The van der Waals surface area contributed by atoms with E-state index in [2.05, 4.69) is 30.8 Å². The van der Waals surface area contributed by atoms with Gasteiger partial charge in [0.2, 0.25) is 5.82 Å². The van der Waals surface area contributed by atoms with Crippen LogP contribution in [0.4, 0.5) is 16.2 Å². The number of carbonyl (C=O) groups is 1. The fourth-order valence-corrected chi connectivity index (χ4v) is 4.34. The lowest BCUT2D eigenvalue weighted by atomic mass is 9.79. The largest absolute Gasteiger partial charge is 0.369 e. The minimum absolute atomic E-state index is 0.128. The minimum atomic E-state index is -0.572. The molecule has 3 N–H and O–H groups in total. The molecule has 0 bridgehead atoms. The van der Waals surface area contributed by atoms with Crippen LogP contribution < -0.4 is 20.9 Å². The molecule has 1 aliphatic carbocycles. The highest BCUT2D eigenvalue weighted by atomic mass is 16.2. The van der Waals surface area contributed by atoms with Gasteiger partial charge in [0.25, 0.3) is 0 Å². The number of amides is 2. The van der Waals surface area contributed by atoms with E-state index in [1.165, 1.54) is 0 Å². The van der Waals surface area contributed by atoms with Crippen molar-refractivity contribution in [3.05, 3.63) is 48.0 Å². The number of aromatic nitrogens is 2. The van der Waals surface area contributed by atoms with Crippen LogP contribution in [0.2, 0.25) is 0 Å². The zero-order chi connectivity index (χ0) is 20.8. The number of urea groups is 1. The molecule has 1 aromatic carbocycles. The van der Waals surface area contributed by atoms with E-state index in [1.807, 2.05) is 30.3 Å². The van der Waals surface area contributed by atoms with Crippen LogP contribution in [0.3, 0.4) is 0 Å². The Morgan fingerprint density at radius 1 is 1.10 bits per heavy atom. The molecule has 30 heavy (non-hydrogen) atoms.